The van der Waals surface area contributed by atoms with E-state index in [-0.39, 0.29) is 5.91 Å². The minimum atomic E-state index is -0.0123. The Hall–Kier alpha value is -1.43. The van der Waals surface area contributed by atoms with Gasteiger partial charge in [0.25, 0.3) is 5.91 Å². The van der Waals surface area contributed by atoms with Gasteiger partial charge in [0.05, 0.1) is 6.20 Å². The number of rotatable bonds is 1. The number of nitrogens with one attached hydrogen (secondary N) is 1. The fraction of sp³-hybridized carbons (Fsp3) is 0.727. The van der Waals surface area contributed by atoms with Gasteiger partial charge in [0.1, 0.15) is 0 Å². The quantitative estimate of drug-likeness (QED) is 0.717. The molecule has 1 amide bonds. The summed E-state index contributed by atoms with van der Waals surface area (Å²) < 4.78 is 0. The molecule has 0 spiro atoms. The van der Waals surface area contributed by atoms with Crippen molar-refractivity contribution >= 4 is 5.91 Å². The minimum Gasteiger partial charge on any atom is -0.337 e. The van der Waals surface area contributed by atoms with Crippen LogP contribution in [0.3, 0.4) is 0 Å². The highest BCUT2D eigenvalue weighted by Crippen LogP contribution is 2.35. The highest BCUT2D eigenvalue weighted by Gasteiger charge is 2.39. The van der Waals surface area contributed by atoms with Gasteiger partial charge in [-0.15, -0.1) is 0 Å². The summed E-state index contributed by atoms with van der Waals surface area (Å²) in [6.07, 6.45) is 4.77. The van der Waals surface area contributed by atoms with Crippen LogP contribution in [0.25, 0.3) is 0 Å². The lowest BCUT2D eigenvalue weighted by molar-refractivity contribution is 0.0778. The van der Waals surface area contributed by atoms with Crippen molar-refractivity contribution in [2.24, 2.45) is 17.6 Å². The maximum atomic E-state index is 12.1. The molecule has 2 heterocycles. The number of aromatic amines is 1. The second-order valence-electron chi connectivity index (χ2n) is 5.16. The first-order valence-electron chi connectivity index (χ1n) is 6.14. The Bertz CT molecular complexity index is 404. The Kier molecular flexibility index (Phi) is 2.58. The Morgan fingerprint density at radius 1 is 1.41 bits per heavy atom. The van der Waals surface area contributed by atoms with Crippen molar-refractivity contribution in [1.82, 2.24) is 20.3 Å². The van der Waals surface area contributed by atoms with Crippen molar-refractivity contribution in [3.63, 3.8) is 0 Å². The normalized spacial score (nSPS) is 32.5. The van der Waals surface area contributed by atoms with Gasteiger partial charge >= 0.3 is 0 Å². The smallest absolute Gasteiger partial charge is 0.276 e. The Morgan fingerprint density at radius 2 is 2.24 bits per heavy atom. The second kappa shape index (κ2) is 4.10. The van der Waals surface area contributed by atoms with Crippen LogP contribution in [0.2, 0.25) is 0 Å². The first-order chi connectivity index (χ1) is 8.24. The average molecular weight is 235 g/mol. The Balaban J connectivity index is 1.69. The number of hydrogen-bond acceptors (Lipinski definition) is 4. The first kappa shape index (κ1) is 10.7. The monoisotopic (exact) mass is 235 g/mol. The molecular formula is C11H17N5O. The molecule has 6 heteroatoms. The van der Waals surface area contributed by atoms with Gasteiger partial charge in [-0.2, -0.15) is 15.4 Å². The Labute approximate surface area is 99.6 Å². The SMILES string of the molecule is NC1CC[C@@H]2CN(C(=O)c3cn[nH]n3)C[C@@H]2C1. The van der Waals surface area contributed by atoms with Crippen LogP contribution in [0.1, 0.15) is 29.8 Å². The zero-order valence-corrected chi connectivity index (χ0v) is 9.67. The molecule has 1 aliphatic heterocycles. The van der Waals surface area contributed by atoms with Gasteiger partial charge in [-0.25, -0.2) is 0 Å². The molecule has 1 aromatic rings. The molecule has 1 aromatic heterocycles. The second-order valence-corrected chi connectivity index (χ2v) is 5.16. The maximum absolute atomic E-state index is 12.1. The lowest BCUT2D eigenvalue weighted by Crippen LogP contribution is -2.32. The van der Waals surface area contributed by atoms with Crippen LogP contribution >= 0.6 is 0 Å². The summed E-state index contributed by atoms with van der Waals surface area (Å²) in [7, 11) is 0. The van der Waals surface area contributed by atoms with E-state index in [0.717, 1.165) is 32.4 Å². The third kappa shape index (κ3) is 1.93. The Morgan fingerprint density at radius 3 is 3.00 bits per heavy atom. The largest absolute Gasteiger partial charge is 0.337 e. The van der Waals surface area contributed by atoms with Crippen molar-refractivity contribution in [3.05, 3.63) is 11.9 Å². The molecule has 1 unspecified atom stereocenters. The number of carbonyl (C=O) groups excluding carboxylic acids is 1. The molecule has 1 saturated carbocycles. The van der Waals surface area contributed by atoms with Gasteiger partial charge in [0.2, 0.25) is 0 Å². The lowest BCUT2D eigenvalue weighted by atomic mass is 9.79. The molecule has 17 heavy (non-hydrogen) atoms. The van der Waals surface area contributed by atoms with E-state index in [0.29, 0.717) is 23.6 Å². The summed E-state index contributed by atoms with van der Waals surface area (Å²) in [4.78, 5) is 14.0. The summed E-state index contributed by atoms with van der Waals surface area (Å²) in [6.45, 7) is 1.67. The zero-order chi connectivity index (χ0) is 11.8. The molecule has 0 aromatic carbocycles. The number of amides is 1. The van der Waals surface area contributed by atoms with Crippen molar-refractivity contribution in [2.75, 3.05) is 13.1 Å². The van der Waals surface area contributed by atoms with Gasteiger partial charge < -0.3 is 10.6 Å². The zero-order valence-electron chi connectivity index (χ0n) is 9.67. The van der Waals surface area contributed by atoms with E-state index in [1.807, 2.05) is 4.90 Å². The van der Waals surface area contributed by atoms with Crippen LogP contribution < -0.4 is 5.73 Å². The van der Waals surface area contributed by atoms with Gasteiger partial charge in [0, 0.05) is 19.1 Å². The number of likely N-dealkylation sites (tertiary alicyclic amines) is 1. The van der Waals surface area contributed by atoms with Crippen LogP contribution in [0.15, 0.2) is 6.20 Å². The molecule has 0 bridgehead atoms. The molecule has 1 saturated heterocycles. The molecular weight excluding hydrogens is 218 g/mol. The van der Waals surface area contributed by atoms with Crippen molar-refractivity contribution in [3.8, 4) is 0 Å². The van der Waals surface area contributed by atoms with E-state index in [1.54, 1.807) is 0 Å². The highest BCUT2D eigenvalue weighted by atomic mass is 16.2. The molecule has 1 aliphatic carbocycles. The van der Waals surface area contributed by atoms with Crippen molar-refractivity contribution < 1.29 is 4.79 Å². The predicted octanol–water partition coefficient (Wildman–Crippen LogP) is 0.00410. The first-order valence-corrected chi connectivity index (χ1v) is 6.14. The van der Waals surface area contributed by atoms with Crippen LogP contribution in [0.4, 0.5) is 0 Å². The highest BCUT2D eigenvalue weighted by molar-refractivity contribution is 5.92. The van der Waals surface area contributed by atoms with E-state index < -0.39 is 0 Å². The van der Waals surface area contributed by atoms with E-state index in [1.165, 1.54) is 6.20 Å². The molecule has 3 N–H and O–H groups in total. The van der Waals surface area contributed by atoms with Gasteiger partial charge in [-0.1, -0.05) is 0 Å². The van der Waals surface area contributed by atoms with Crippen LogP contribution in [-0.2, 0) is 0 Å². The van der Waals surface area contributed by atoms with Crippen LogP contribution in [0.5, 0.6) is 0 Å². The number of nitrogens with zero attached hydrogens (tertiary/aromatic N) is 3. The summed E-state index contributed by atoms with van der Waals surface area (Å²) in [5, 5.41) is 9.99. The number of fused-ring (bicyclic) bond motifs is 1. The third-order valence-electron chi connectivity index (χ3n) is 4.01. The summed E-state index contributed by atoms with van der Waals surface area (Å²) in [5.74, 6) is 1.20. The van der Waals surface area contributed by atoms with E-state index in [9.17, 15) is 4.79 Å². The summed E-state index contributed by atoms with van der Waals surface area (Å²) in [6, 6.07) is 0.318. The predicted molar refractivity (Wildman–Crippen MR) is 61.1 cm³/mol. The number of aromatic nitrogens is 3. The maximum Gasteiger partial charge on any atom is 0.276 e. The number of hydrogen-bond donors (Lipinski definition) is 2. The molecule has 2 aliphatic rings. The molecule has 6 nitrogen and oxygen atoms in total. The molecule has 0 radical (unpaired) electrons. The minimum absolute atomic E-state index is 0.0123. The standard InChI is InChI=1S/C11H17N5O/c12-9-2-1-7-5-16(6-8(7)3-9)11(17)10-4-13-15-14-10/h4,7-9H,1-3,5-6,12H2,(H,13,14,15)/t7-,8+,9?/m1/s1. The van der Waals surface area contributed by atoms with Gasteiger partial charge in [-0.3, -0.25) is 4.79 Å². The van der Waals surface area contributed by atoms with Crippen LogP contribution in [0, 0.1) is 11.8 Å². The number of H-pyrrole nitrogens is 1. The summed E-state index contributed by atoms with van der Waals surface area (Å²) >= 11 is 0. The molecule has 92 valence electrons. The van der Waals surface area contributed by atoms with Crippen LogP contribution in [-0.4, -0.2) is 45.3 Å². The van der Waals surface area contributed by atoms with E-state index >= 15 is 0 Å². The van der Waals surface area contributed by atoms with E-state index in [2.05, 4.69) is 15.4 Å². The van der Waals surface area contributed by atoms with Gasteiger partial charge in [-0.05, 0) is 31.1 Å². The number of nitrogens with two attached hydrogens (primary N) is 1. The average Bonchev–Trinajstić information content (AvgIpc) is 2.96. The summed E-state index contributed by atoms with van der Waals surface area (Å²) in [5.41, 5.74) is 6.39. The van der Waals surface area contributed by atoms with Crippen molar-refractivity contribution in [1.29, 1.82) is 0 Å². The lowest BCUT2D eigenvalue weighted by Gasteiger charge is -2.27. The van der Waals surface area contributed by atoms with E-state index in [4.69, 9.17) is 5.73 Å². The molecule has 3 atom stereocenters. The van der Waals surface area contributed by atoms with Crippen molar-refractivity contribution in [2.45, 2.75) is 25.3 Å². The van der Waals surface area contributed by atoms with Gasteiger partial charge in [0.15, 0.2) is 5.69 Å². The fourth-order valence-electron chi connectivity index (χ4n) is 3.10. The topological polar surface area (TPSA) is 87.9 Å². The third-order valence-corrected chi connectivity index (χ3v) is 4.01. The fourth-order valence-corrected chi connectivity index (χ4v) is 3.10. The molecule has 3 rings (SSSR count). The number of carbonyl (C=O) groups is 1. The molecule has 2 fully saturated rings.